The van der Waals surface area contributed by atoms with Gasteiger partial charge in [0, 0.05) is 6.54 Å². The molecule has 0 amide bonds. The van der Waals surface area contributed by atoms with E-state index in [0.29, 0.717) is 5.56 Å². The molecule has 0 heterocycles. The van der Waals surface area contributed by atoms with Gasteiger partial charge in [-0.1, -0.05) is 25.3 Å². The molecule has 17 heavy (non-hydrogen) atoms. The third-order valence-electron chi connectivity index (χ3n) is 2.79. The van der Waals surface area contributed by atoms with Crippen molar-refractivity contribution < 1.29 is 0 Å². The van der Waals surface area contributed by atoms with Gasteiger partial charge in [0.25, 0.3) is 0 Å². The molecule has 0 aromatic heterocycles. The molecule has 0 aliphatic heterocycles. The van der Waals surface area contributed by atoms with E-state index in [0.717, 1.165) is 24.9 Å². The molecule has 1 N–H and O–H groups in total. The van der Waals surface area contributed by atoms with Gasteiger partial charge in [0.2, 0.25) is 0 Å². The van der Waals surface area contributed by atoms with Crippen LogP contribution in [0.1, 0.15) is 36.5 Å². The summed E-state index contributed by atoms with van der Waals surface area (Å²) < 4.78 is 0. The van der Waals surface area contributed by atoms with E-state index in [1.165, 1.54) is 5.56 Å². The fraction of sp³-hybridized carbons (Fsp3) is 0.400. The number of aryl methyl sites for hydroxylation is 1. The first-order valence-corrected chi connectivity index (χ1v) is 5.90. The van der Waals surface area contributed by atoms with Crippen molar-refractivity contribution >= 4 is 0 Å². The number of hydrogen-bond donors (Lipinski definition) is 1. The van der Waals surface area contributed by atoms with Gasteiger partial charge in [-0.05, 0) is 36.6 Å². The van der Waals surface area contributed by atoms with Crippen LogP contribution in [-0.4, -0.2) is 6.04 Å². The second-order valence-corrected chi connectivity index (χ2v) is 4.14. The van der Waals surface area contributed by atoms with Crippen LogP contribution in [0.15, 0.2) is 18.2 Å². The lowest BCUT2D eigenvalue weighted by atomic mass is 10.0. The van der Waals surface area contributed by atoms with Gasteiger partial charge in [0.1, 0.15) is 0 Å². The highest BCUT2D eigenvalue weighted by Gasteiger charge is 2.04. The summed E-state index contributed by atoms with van der Waals surface area (Å²) in [6.45, 7) is 4.90. The average molecular weight is 226 g/mol. The first-order chi connectivity index (χ1) is 8.21. The van der Waals surface area contributed by atoms with Gasteiger partial charge >= 0.3 is 0 Å². The summed E-state index contributed by atoms with van der Waals surface area (Å²) in [7, 11) is 0. The van der Waals surface area contributed by atoms with Crippen LogP contribution in [0.3, 0.4) is 0 Å². The van der Waals surface area contributed by atoms with Crippen LogP contribution in [0.5, 0.6) is 0 Å². The molecule has 1 atom stereocenters. The van der Waals surface area contributed by atoms with Gasteiger partial charge < -0.3 is 0 Å². The molecule has 1 aromatic rings. The van der Waals surface area contributed by atoms with Crippen LogP contribution in [0.25, 0.3) is 0 Å². The van der Waals surface area contributed by atoms with Gasteiger partial charge in [-0.3, -0.25) is 5.32 Å². The molecule has 2 heteroatoms. The predicted molar refractivity (Wildman–Crippen MR) is 70.3 cm³/mol. The zero-order chi connectivity index (χ0) is 12.7. The van der Waals surface area contributed by atoms with Crippen molar-refractivity contribution in [3.8, 4) is 18.4 Å². The summed E-state index contributed by atoms with van der Waals surface area (Å²) in [6.07, 6.45) is 7.52. The summed E-state index contributed by atoms with van der Waals surface area (Å²) in [5.41, 5.74) is 3.03. The van der Waals surface area contributed by atoms with Gasteiger partial charge in [0.05, 0.1) is 17.7 Å². The Kier molecular flexibility index (Phi) is 5.27. The highest BCUT2D eigenvalue weighted by atomic mass is 14.9. The number of terminal acetylenes is 1. The minimum atomic E-state index is 0.134. The second kappa shape index (κ2) is 6.74. The number of hydrogen-bond acceptors (Lipinski definition) is 2. The van der Waals surface area contributed by atoms with E-state index in [4.69, 9.17) is 11.7 Å². The van der Waals surface area contributed by atoms with Gasteiger partial charge in [0.15, 0.2) is 0 Å². The first-order valence-electron chi connectivity index (χ1n) is 5.90. The number of nitriles is 1. The Morgan fingerprint density at radius 3 is 2.76 bits per heavy atom. The van der Waals surface area contributed by atoms with Crippen molar-refractivity contribution in [1.29, 1.82) is 5.26 Å². The molecule has 88 valence electrons. The predicted octanol–water partition coefficient (Wildman–Crippen LogP) is 2.76. The number of nitrogens with one attached hydrogen (secondary N) is 1. The van der Waals surface area contributed by atoms with Crippen molar-refractivity contribution in [2.75, 3.05) is 0 Å². The maximum absolute atomic E-state index is 8.79. The van der Waals surface area contributed by atoms with Crippen molar-refractivity contribution in [1.82, 2.24) is 5.32 Å². The molecule has 0 saturated carbocycles. The molecule has 0 spiro atoms. The van der Waals surface area contributed by atoms with E-state index in [1.54, 1.807) is 0 Å². The largest absolute Gasteiger partial charge is 0.300 e. The minimum absolute atomic E-state index is 0.134. The lowest BCUT2D eigenvalue weighted by Crippen LogP contribution is -2.27. The van der Waals surface area contributed by atoms with Crippen molar-refractivity contribution in [3.05, 3.63) is 34.9 Å². The SMILES string of the molecule is C#CC(CCC)NCc1ccc(C#N)cc1C. The van der Waals surface area contributed by atoms with E-state index in [1.807, 2.05) is 25.1 Å². The standard InChI is InChI=1S/C15H18N2/c1-4-6-15(5-2)17-11-14-8-7-13(10-16)9-12(14)3/h2,7-9,15,17H,4,6,11H2,1,3H3. The Balaban J connectivity index is 2.64. The summed E-state index contributed by atoms with van der Waals surface area (Å²) >= 11 is 0. The molecular weight excluding hydrogens is 208 g/mol. The average Bonchev–Trinajstić information content (AvgIpc) is 2.35. The molecule has 0 bridgehead atoms. The van der Waals surface area contributed by atoms with Crippen molar-refractivity contribution in [2.24, 2.45) is 0 Å². The lowest BCUT2D eigenvalue weighted by Gasteiger charge is -2.13. The molecule has 2 nitrogen and oxygen atoms in total. The molecular formula is C15H18N2. The fourth-order valence-electron chi connectivity index (χ4n) is 1.73. The van der Waals surface area contributed by atoms with Crippen LogP contribution in [0, 0.1) is 30.6 Å². The Morgan fingerprint density at radius 1 is 1.47 bits per heavy atom. The Labute approximate surface area is 104 Å². The first kappa shape index (κ1) is 13.3. The maximum Gasteiger partial charge on any atom is 0.0991 e. The van der Waals surface area contributed by atoms with Gasteiger partial charge in [-0.2, -0.15) is 5.26 Å². The number of nitrogens with zero attached hydrogens (tertiary/aromatic N) is 1. The van der Waals surface area contributed by atoms with E-state index >= 15 is 0 Å². The molecule has 1 rings (SSSR count). The van der Waals surface area contributed by atoms with Crippen LogP contribution < -0.4 is 5.32 Å². The Morgan fingerprint density at radius 2 is 2.24 bits per heavy atom. The van der Waals surface area contributed by atoms with E-state index in [-0.39, 0.29) is 6.04 Å². The third-order valence-corrected chi connectivity index (χ3v) is 2.79. The van der Waals surface area contributed by atoms with Crippen LogP contribution in [-0.2, 0) is 6.54 Å². The van der Waals surface area contributed by atoms with Crippen LogP contribution >= 0.6 is 0 Å². The Hall–Kier alpha value is -1.77. The molecule has 1 unspecified atom stereocenters. The van der Waals surface area contributed by atoms with E-state index in [2.05, 4.69) is 24.2 Å². The zero-order valence-corrected chi connectivity index (χ0v) is 10.5. The van der Waals surface area contributed by atoms with Crippen LogP contribution in [0.4, 0.5) is 0 Å². The summed E-state index contributed by atoms with van der Waals surface area (Å²) in [5, 5.41) is 12.1. The lowest BCUT2D eigenvalue weighted by molar-refractivity contribution is 0.562. The second-order valence-electron chi connectivity index (χ2n) is 4.14. The molecule has 0 saturated heterocycles. The monoisotopic (exact) mass is 226 g/mol. The zero-order valence-electron chi connectivity index (χ0n) is 10.5. The highest BCUT2D eigenvalue weighted by Crippen LogP contribution is 2.11. The van der Waals surface area contributed by atoms with Crippen LogP contribution in [0.2, 0.25) is 0 Å². The minimum Gasteiger partial charge on any atom is -0.300 e. The number of rotatable bonds is 5. The summed E-state index contributed by atoms with van der Waals surface area (Å²) in [5.74, 6) is 2.75. The smallest absolute Gasteiger partial charge is 0.0991 e. The normalized spacial score (nSPS) is 11.5. The van der Waals surface area contributed by atoms with Crippen molar-refractivity contribution in [3.63, 3.8) is 0 Å². The molecule has 1 aromatic carbocycles. The quantitative estimate of drug-likeness (QED) is 0.784. The van der Waals surface area contributed by atoms with Gasteiger partial charge in [-0.15, -0.1) is 6.42 Å². The number of benzene rings is 1. The molecule has 0 radical (unpaired) electrons. The summed E-state index contributed by atoms with van der Waals surface area (Å²) in [6, 6.07) is 8.01. The molecule has 0 aliphatic carbocycles. The van der Waals surface area contributed by atoms with E-state index < -0.39 is 0 Å². The van der Waals surface area contributed by atoms with Gasteiger partial charge in [-0.25, -0.2) is 0 Å². The molecule has 0 fully saturated rings. The topological polar surface area (TPSA) is 35.8 Å². The third kappa shape index (κ3) is 3.94. The maximum atomic E-state index is 8.79. The fourth-order valence-corrected chi connectivity index (χ4v) is 1.73. The summed E-state index contributed by atoms with van der Waals surface area (Å²) in [4.78, 5) is 0. The van der Waals surface area contributed by atoms with E-state index in [9.17, 15) is 0 Å². The Bertz CT molecular complexity index is 449. The van der Waals surface area contributed by atoms with Crippen molar-refractivity contribution in [2.45, 2.75) is 39.3 Å². The highest BCUT2D eigenvalue weighted by molar-refractivity contribution is 5.37. The molecule has 0 aliphatic rings.